The lowest BCUT2D eigenvalue weighted by Crippen LogP contribution is -2.57. The second kappa shape index (κ2) is 3.87. The third-order valence-electron chi connectivity index (χ3n) is 2.63. The quantitative estimate of drug-likeness (QED) is 0.604. The highest BCUT2D eigenvalue weighted by Crippen LogP contribution is 2.31. The number of aliphatic hydroxyl groups is 1. The predicted octanol–water partition coefficient (Wildman–Crippen LogP) is 0.145. The fourth-order valence-corrected chi connectivity index (χ4v) is 1.68. The molecular formula is C10H20N2O2. The number of hydrogen-bond donors (Lipinski definition) is 3. The van der Waals surface area contributed by atoms with Crippen molar-refractivity contribution in [3.05, 3.63) is 0 Å². The van der Waals surface area contributed by atoms with Gasteiger partial charge in [-0.1, -0.05) is 0 Å². The van der Waals surface area contributed by atoms with Gasteiger partial charge in [0.15, 0.2) is 0 Å². The topological polar surface area (TPSA) is 75.4 Å². The lowest BCUT2D eigenvalue weighted by Gasteiger charge is -2.41. The summed E-state index contributed by atoms with van der Waals surface area (Å²) in [5.41, 5.74) is 4.91. The monoisotopic (exact) mass is 200 g/mol. The first-order chi connectivity index (χ1) is 6.37. The summed E-state index contributed by atoms with van der Waals surface area (Å²) >= 11 is 0. The van der Waals surface area contributed by atoms with Crippen LogP contribution in [0.25, 0.3) is 0 Å². The molecule has 0 bridgehead atoms. The van der Waals surface area contributed by atoms with E-state index in [9.17, 15) is 4.79 Å². The maximum Gasteiger partial charge on any atom is 0.222 e. The van der Waals surface area contributed by atoms with E-state index in [2.05, 4.69) is 5.32 Å². The van der Waals surface area contributed by atoms with Crippen LogP contribution in [0.5, 0.6) is 0 Å². The molecule has 0 aromatic heterocycles. The molecule has 1 amide bonds. The van der Waals surface area contributed by atoms with Gasteiger partial charge in [0.2, 0.25) is 5.91 Å². The van der Waals surface area contributed by atoms with Crippen molar-refractivity contribution in [3.8, 4) is 0 Å². The standard InChI is InChI=1S/C10H20N2O2/c1-9(2,11)6-8(14)12-10(7-13)4-3-5-10/h13H,3-7,11H2,1-2H3,(H,12,14). The summed E-state index contributed by atoms with van der Waals surface area (Å²) < 4.78 is 0. The second-order valence-corrected chi connectivity index (χ2v) is 5.01. The third kappa shape index (κ3) is 2.96. The van der Waals surface area contributed by atoms with Crippen LogP contribution in [-0.2, 0) is 4.79 Å². The second-order valence-electron chi connectivity index (χ2n) is 5.01. The summed E-state index contributed by atoms with van der Waals surface area (Å²) in [6, 6.07) is 0. The molecule has 0 unspecified atom stereocenters. The molecule has 4 nitrogen and oxygen atoms in total. The van der Waals surface area contributed by atoms with Crippen LogP contribution in [-0.4, -0.2) is 28.7 Å². The van der Waals surface area contributed by atoms with Crippen LogP contribution in [0.2, 0.25) is 0 Å². The Kier molecular flexibility index (Phi) is 3.17. The molecule has 14 heavy (non-hydrogen) atoms. The van der Waals surface area contributed by atoms with Crippen molar-refractivity contribution in [1.29, 1.82) is 0 Å². The molecule has 0 spiro atoms. The highest BCUT2D eigenvalue weighted by atomic mass is 16.3. The normalized spacial score (nSPS) is 20.0. The van der Waals surface area contributed by atoms with Crippen molar-refractivity contribution >= 4 is 5.91 Å². The van der Waals surface area contributed by atoms with Gasteiger partial charge in [0, 0.05) is 12.0 Å². The van der Waals surface area contributed by atoms with Crippen LogP contribution in [0, 0.1) is 0 Å². The Morgan fingerprint density at radius 1 is 1.57 bits per heavy atom. The van der Waals surface area contributed by atoms with Crippen molar-refractivity contribution in [3.63, 3.8) is 0 Å². The van der Waals surface area contributed by atoms with Crippen LogP contribution in [0.15, 0.2) is 0 Å². The maximum absolute atomic E-state index is 11.5. The van der Waals surface area contributed by atoms with Gasteiger partial charge in [-0.05, 0) is 33.1 Å². The molecule has 82 valence electrons. The molecule has 0 atom stereocenters. The van der Waals surface area contributed by atoms with Crippen LogP contribution in [0.3, 0.4) is 0 Å². The molecule has 1 rings (SSSR count). The van der Waals surface area contributed by atoms with E-state index in [1.807, 2.05) is 13.8 Å². The number of carbonyl (C=O) groups excluding carboxylic acids is 1. The molecule has 0 saturated heterocycles. The van der Waals surface area contributed by atoms with Crippen molar-refractivity contribution in [2.75, 3.05) is 6.61 Å². The van der Waals surface area contributed by atoms with Crippen molar-refractivity contribution in [1.82, 2.24) is 5.32 Å². The Labute approximate surface area is 84.9 Å². The fraction of sp³-hybridized carbons (Fsp3) is 0.900. The van der Waals surface area contributed by atoms with Gasteiger partial charge in [-0.25, -0.2) is 0 Å². The van der Waals surface area contributed by atoms with E-state index in [-0.39, 0.29) is 18.1 Å². The van der Waals surface area contributed by atoms with Crippen LogP contribution in [0.4, 0.5) is 0 Å². The number of nitrogens with two attached hydrogens (primary N) is 1. The van der Waals surface area contributed by atoms with E-state index in [0.29, 0.717) is 6.42 Å². The Morgan fingerprint density at radius 3 is 2.43 bits per heavy atom. The number of aliphatic hydroxyl groups excluding tert-OH is 1. The van der Waals surface area contributed by atoms with Crippen molar-refractivity contribution in [2.45, 2.75) is 50.6 Å². The van der Waals surface area contributed by atoms with Gasteiger partial charge in [-0.3, -0.25) is 4.79 Å². The Morgan fingerprint density at radius 2 is 2.14 bits per heavy atom. The maximum atomic E-state index is 11.5. The summed E-state index contributed by atoms with van der Waals surface area (Å²) in [4.78, 5) is 11.5. The Hall–Kier alpha value is -0.610. The van der Waals surface area contributed by atoms with Gasteiger partial charge in [-0.15, -0.1) is 0 Å². The molecule has 0 radical (unpaired) electrons. The van der Waals surface area contributed by atoms with Gasteiger partial charge < -0.3 is 16.2 Å². The smallest absolute Gasteiger partial charge is 0.222 e. The minimum atomic E-state index is -0.482. The SMILES string of the molecule is CC(C)(N)CC(=O)NC1(CO)CCC1. The number of amides is 1. The third-order valence-corrected chi connectivity index (χ3v) is 2.63. The summed E-state index contributed by atoms with van der Waals surface area (Å²) in [5, 5.41) is 12.0. The summed E-state index contributed by atoms with van der Waals surface area (Å²) in [6.07, 6.45) is 3.13. The van der Waals surface area contributed by atoms with Gasteiger partial charge in [0.25, 0.3) is 0 Å². The minimum absolute atomic E-state index is 0.0315. The van der Waals surface area contributed by atoms with Gasteiger partial charge in [0.1, 0.15) is 0 Å². The predicted molar refractivity (Wildman–Crippen MR) is 54.7 cm³/mol. The summed E-state index contributed by atoms with van der Waals surface area (Å²) in [6.45, 7) is 3.67. The van der Waals surface area contributed by atoms with E-state index in [4.69, 9.17) is 10.8 Å². The van der Waals surface area contributed by atoms with E-state index >= 15 is 0 Å². The molecule has 4 N–H and O–H groups in total. The first-order valence-electron chi connectivity index (χ1n) is 5.08. The first-order valence-corrected chi connectivity index (χ1v) is 5.08. The molecule has 0 heterocycles. The zero-order valence-corrected chi connectivity index (χ0v) is 8.97. The molecule has 1 aliphatic rings. The number of rotatable bonds is 4. The minimum Gasteiger partial charge on any atom is -0.394 e. The van der Waals surface area contributed by atoms with E-state index in [0.717, 1.165) is 19.3 Å². The summed E-state index contributed by atoms with van der Waals surface area (Å²) in [5.74, 6) is -0.0637. The van der Waals surface area contributed by atoms with E-state index in [1.54, 1.807) is 0 Å². The van der Waals surface area contributed by atoms with Gasteiger partial charge in [0.05, 0.1) is 12.1 Å². The van der Waals surface area contributed by atoms with Crippen molar-refractivity contribution in [2.24, 2.45) is 5.73 Å². The fourth-order valence-electron chi connectivity index (χ4n) is 1.68. The molecule has 1 fully saturated rings. The van der Waals surface area contributed by atoms with Crippen LogP contribution >= 0.6 is 0 Å². The average molecular weight is 200 g/mol. The highest BCUT2D eigenvalue weighted by molar-refractivity contribution is 5.78. The average Bonchev–Trinajstić information content (AvgIpc) is 1.93. The highest BCUT2D eigenvalue weighted by Gasteiger charge is 2.38. The molecule has 0 aliphatic heterocycles. The molecular weight excluding hydrogens is 180 g/mol. The largest absolute Gasteiger partial charge is 0.394 e. The lowest BCUT2D eigenvalue weighted by molar-refractivity contribution is -0.126. The van der Waals surface area contributed by atoms with E-state index in [1.165, 1.54) is 0 Å². The Balaban J connectivity index is 2.40. The Bertz CT molecular complexity index is 211. The number of hydrogen-bond acceptors (Lipinski definition) is 3. The summed E-state index contributed by atoms with van der Waals surface area (Å²) in [7, 11) is 0. The lowest BCUT2D eigenvalue weighted by atomic mass is 9.77. The molecule has 1 aliphatic carbocycles. The molecule has 0 aromatic carbocycles. The number of nitrogens with one attached hydrogen (secondary N) is 1. The van der Waals surface area contributed by atoms with E-state index < -0.39 is 5.54 Å². The van der Waals surface area contributed by atoms with Crippen LogP contribution < -0.4 is 11.1 Å². The van der Waals surface area contributed by atoms with Gasteiger partial charge in [-0.2, -0.15) is 0 Å². The van der Waals surface area contributed by atoms with Crippen molar-refractivity contribution < 1.29 is 9.90 Å². The zero-order chi connectivity index (χ0) is 10.8. The van der Waals surface area contributed by atoms with Gasteiger partial charge >= 0.3 is 0 Å². The molecule has 1 saturated carbocycles. The first kappa shape index (κ1) is 11.5. The number of carbonyl (C=O) groups is 1. The molecule has 4 heteroatoms. The molecule has 0 aromatic rings. The van der Waals surface area contributed by atoms with Crippen LogP contribution in [0.1, 0.15) is 39.5 Å². The zero-order valence-electron chi connectivity index (χ0n) is 8.97.